The number of nitrogens with one attached hydrogen (secondary N) is 1. The molecule has 2 amide bonds. The molecule has 2 aliphatic heterocycles. The van der Waals surface area contributed by atoms with Gasteiger partial charge >= 0.3 is 6.09 Å². The third kappa shape index (κ3) is 5.75. The Kier molecular flexibility index (Phi) is 6.73. The second kappa shape index (κ2) is 9.70. The van der Waals surface area contributed by atoms with E-state index in [1.807, 2.05) is 6.07 Å². The number of ether oxygens (including phenoxy) is 1. The van der Waals surface area contributed by atoms with Crippen molar-refractivity contribution >= 4 is 33.6 Å². The summed E-state index contributed by atoms with van der Waals surface area (Å²) in [6.45, 7) is 0.293. The van der Waals surface area contributed by atoms with Crippen LogP contribution in [-0.4, -0.2) is 56.1 Å². The van der Waals surface area contributed by atoms with Crippen LogP contribution in [0.25, 0.3) is 6.08 Å². The molecule has 1 aromatic carbocycles. The molecule has 1 aromatic heterocycles. The summed E-state index contributed by atoms with van der Waals surface area (Å²) in [6, 6.07) is 8.10. The lowest BCUT2D eigenvalue weighted by Gasteiger charge is -2.23. The number of rotatable bonds is 6. The standard InChI is InChI=1S/C23H24FN3O5S/c24-21-12-18(4-5-20(21)17-7-10-33(30,31)11-8-17)27-15-19(32-23(27)29)14-26-22(28)6-3-16-2-1-9-25-13-16/h1-6,9,12-13,17,19H,7-8,10-11,14-15H2,(H,26,28)/b6-3+/t19-/m0/s1. The van der Waals surface area contributed by atoms with Crippen LogP contribution in [0, 0.1) is 5.82 Å². The molecule has 1 atom stereocenters. The number of cyclic esters (lactones) is 1. The molecule has 8 nitrogen and oxygen atoms in total. The Hall–Kier alpha value is -3.27. The molecule has 2 saturated heterocycles. The van der Waals surface area contributed by atoms with Crippen LogP contribution in [0.2, 0.25) is 0 Å². The van der Waals surface area contributed by atoms with Crippen molar-refractivity contribution in [1.29, 1.82) is 0 Å². The number of aromatic nitrogens is 1. The molecular weight excluding hydrogens is 449 g/mol. The van der Waals surface area contributed by atoms with E-state index >= 15 is 0 Å². The van der Waals surface area contributed by atoms with Crippen LogP contribution in [0.4, 0.5) is 14.9 Å². The lowest BCUT2D eigenvalue weighted by molar-refractivity contribution is -0.116. The largest absolute Gasteiger partial charge is 0.442 e. The number of hydrogen-bond acceptors (Lipinski definition) is 6. The normalized spacial score (nSPS) is 20.7. The van der Waals surface area contributed by atoms with Gasteiger partial charge in [-0.05, 0) is 54.2 Å². The molecule has 2 fully saturated rings. The third-order valence-corrected chi connectivity index (χ3v) is 7.50. The predicted molar refractivity (Wildman–Crippen MR) is 121 cm³/mol. The summed E-state index contributed by atoms with van der Waals surface area (Å²) in [5.74, 6) is -0.847. The zero-order valence-corrected chi connectivity index (χ0v) is 18.6. The zero-order chi connectivity index (χ0) is 23.4. The molecule has 0 bridgehead atoms. The van der Waals surface area contributed by atoms with Crippen LogP contribution in [0.1, 0.15) is 29.9 Å². The van der Waals surface area contributed by atoms with Crippen LogP contribution in [0.15, 0.2) is 48.8 Å². The van der Waals surface area contributed by atoms with Crippen LogP contribution in [-0.2, 0) is 19.4 Å². The molecule has 2 aliphatic rings. The molecule has 174 valence electrons. The monoisotopic (exact) mass is 473 g/mol. The number of anilines is 1. The number of nitrogens with zero attached hydrogens (tertiary/aromatic N) is 2. The highest BCUT2D eigenvalue weighted by Crippen LogP contribution is 2.33. The molecule has 2 aromatic rings. The van der Waals surface area contributed by atoms with Crippen molar-refractivity contribution in [2.24, 2.45) is 0 Å². The van der Waals surface area contributed by atoms with Crippen molar-refractivity contribution in [3.8, 4) is 0 Å². The Balaban J connectivity index is 1.33. The fraction of sp³-hybridized carbons (Fsp3) is 0.348. The van der Waals surface area contributed by atoms with Crippen molar-refractivity contribution in [3.63, 3.8) is 0 Å². The van der Waals surface area contributed by atoms with Crippen molar-refractivity contribution in [1.82, 2.24) is 10.3 Å². The Labute approximate surface area is 191 Å². The van der Waals surface area contributed by atoms with Gasteiger partial charge in [-0.15, -0.1) is 0 Å². The summed E-state index contributed by atoms with van der Waals surface area (Å²) in [7, 11) is -3.03. The number of carbonyl (C=O) groups is 2. The minimum Gasteiger partial charge on any atom is -0.442 e. The Morgan fingerprint density at radius 3 is 2.76 bits per heavy atom. The summed E-state index contributed by atoms with van der Waals surface area (Å²) >= 11 is 0. The van der Waals surface area contributed by atoms with E-state index in [2.05, 4.69) is 10.3 Å². The van der Waals surface area contributed by atoms with Gasteiger partial charge in [0.2, 0.25) is 5.91 Å². The molecular formula is C23H24FN3O5S. The van der Waals surface area contributed by atoms with Crippen molar-refractivity contribution in [2.45, 2.75) is 24.9 Å². The van der Waals surface area contributed by atoms with E-state index in [1.54, 1.807) is 36.7 Å². The Morgan fingerprint density at radius 2 is 2.06 bits per heavy atom. The summed E-state index contributed by atoms with van der Waals surface area (Å²) in [5.41, 5.74) is 1.60. The number of amides is 2. The van der Waals surface area contributed by atoms with E-state index in [4.69, 9.17) is 4.74 Å². The number of carbonyl (C=O) groups excluding carboxylic acids is 2. The van der Waals surface area contributed by atoms with E-state index in [-0.39, 0.29) is 36.4 Å². The van der Waals surface area contributed by atoms with Gasteiger partial charge in [0, 0.05) is 18.5 Å². The van der Waals surface area contributed by atoms with Gasteiger partial charge in [-0.3, -0.25) is 14.7 Å². The summed E-state index contributed by atoms with van der Waals surface area (Å²) in [4.78, 5) is 29.6. The van der Waals surface area contributed by atoms with E-state index in [0.29, 0.717) is 24.1 Å². The van der Waals surface area contributed by atoms with Crippen LogP contribution >= 0.6 is 0 Å². The number of benzene rings is 1. The van der Waals surface area contributed by atoms with E-state index in [1.165, 1.54) is 17.0 Å². The van der Waals surface area contributed by atoms with Gasteiger partial charge in [0.1, 0.15) is 21.8 Å². The smallest absolute Gasteiger partial charge is 0.414 e. The molecule has 3 heterocycles. The van der Waals surface area contributed by atoms with Gasteiger partial charge in [-0.1, -0.05) is 12.1 Å². The molecule has 4 rings (SSSR count). The first-order valence-electron chi connectivity index (χ1n) is 10.6. The second-order valence-electron chi connectivity index (χ2n) is 8.11. The number of sulfone groups is 1. The fourth-order valence-electron chi connectivity index (χ4n) is 3.97. The molecule has 0 saturated carbocycles. The fourth-order valence-corrected chi connectivity index (χ4v) is 5.47. The quantitative estimate of drug-likeness (QED) is 0.647. The molecule has 33 heavy (non-hydrogen) atoms. The Morgan fingerprint density at radius 1 is 1.27 bits per heavy atom. The molecule has 0 spiro atoms. The molecule has 0 aliphatic carbocycles. The topological polar surface area (TPSA) is 106 Å². The lowest BCUT2D eigenvalue weighted by Crippen LogP contribution is -2.33. The first-order valence-corrected chi connectivity index (χ1v) is 12.5. The highest BCUT2D eigenvalue weighted by molar-refractivity contribution is 7.91. The highest BCUT2D eigenvalue weighted by Gasteiger charge is 2.33. The van der Waals surface area contributed by atoms with Gasteiger partial charge in [0.25, 0.3) is 0 Å². The first kappa shape index (κ1) is 22.9. The predicted octanol–water partition coefficient (Wildman–Crippen LogP) is 2.67. The SMILES string of the molecule is O=C(/C=C/c1cccnc1)NC[C@H]1CN(c2ccc(C3CCS(=O)(=O)CC3)c(F)c2)C(=O)O1. The number of halogens is 1. The van der Waals surface area contributed by atoms with Gasteiger partial charge in [0.15, 0.2) is 0 Å². The summed E-state index contributed by atoms with van der Waals surface area (Å²) in [5, 5.41) is 2.68. The minimum atomic E-state index is -3.03. The van der Waals surface area contributed by atoms with E-state index in [9.17, 15) is 22.4 Å². The van der Waals surface area contributed by atoms with Gasteiger partial charge in [0.05, 0.1) is 30.3 Å². The van der Waals surface area contributed by atoms with Gasteiger partial charge in [-0.2, -0.15) is 0 Å². The maximum absolute atomic E-state index is 14.8. The maximum atomic E-state index is 14.8. The van der Waals surface area contributed by atoms with Crippen LogP contribution < -0.4 is 10.2 Å². The van der Waals surface area contributed by atoms with Crippen molar-refractivity contribution in [2.75, 3.05) is 29.5 Å². The summed E-state index contributed by atoms with van der Waals surface area (Å²) in [6.07, 6.45) is 5.86. The van der Waals surface area contributed by atoms with Gasteiger partial charge < -0.3 is 10.1 Å². The van der Waals surface area contributed by atoms with E-state index < -0.39 is 27.9 Å². The average Bonchev–Trinajstić information content (AvgIpc) is 3.18. The van der Waals surface area contributed by atoms with Crippen LogP contribution in [0.5, 0.6) is 0 Å². The summed E-state index contributed by atoms with van der Waals surface area (Å²) < 4.78 is 43.3. The second-order valence-corrected chi connectivity index (χ2v) is 10.4. The average molecular weight is 474 g/mol. The van der Waals surface area contributed by atoms with E-state index in [0.717, 1.165) is 5.56 Å². The number of pyridine rings is 1. The molecule has 1 N–H and O–H groups in total. The van der Waals surface area contributed by atoms with Crippen molar-refractivity contribution in [3.05, 3.63) is 65.7 Å². The van der Waals surface area contributed by atoms with Crippen molar-refractivity contribution < 1.29 is 27.1 Å². The molecule has 0 radical (unpaired) electrons. The lowest BCUT2D eigenvalue weighted by atomic mass is 9.93. The number of hydrogen-bond donors (Lipinski definition) is 1. The maximum Gasteiger partial charge on any atom is 0.414 e. The Bertz CT molecular complexity index is 1160. The zero-order valence-electron chi connectivity index (χ0n) is 17.8. The van der Waals surface area contributed by atoms with Crippen LogP contribution in [0.3, 0.4) is 0 Å². The molecule has 0 unspecified atom stereocenters. The highest BCUT2D eigenvalue weighted by atomic mass is 32.2. The minimum absolute atomic E-state index is 0.0577. The first-order chi connectivity index (χ1) is 15.8. The third-order valence-electron chi connectivity index (χ3n) is 5.78. The van der Waals surface area contributed by atoms with Gasteiger partial charge in [-0.25, -0.2) is 17.6 Å². The molecule has 10 heteroatoms.